The lowest BCUT2D eigenvalue weighted by atomic mass is 10.00. The van der Waals surface area contributed by atoms with Crippen LogP contribution in [0.2, 0.25) is 0 Å². The van der Waals surface area contributed by atoms with Crippen LogP contribution in [0.5, 0.6) is 0 Å². The van der Waals surface area contributed by atoms with Crippen molar-refractivity contribution in [3.8, 4) is 6.07 Å². The lowest BCUT2D eigenvalue weighted by Crippen LogP contribution is -2.20. The Labute approximate surface area is 125 Å². The number of rotatable bonds is 4. The number of nitrogens with zero attached hydrogens (tertiary/aromatic N) is 1. The standard InChI is InChI=1S/C15H12N2O3S/c1-20-15(19)13-12(7-8-21-13)17-14(18)11(9-16)10-5-3-2-4-6-10/h2-8,11H,1H3,(H,17,18). The second-order valence-corrected chi connectivity index (χ2v) is 5.03. The highest BCUT2D eigenvalue weighted by Crippen LogP contribution is 2.25. The number of hydrogen-bond acceptors (Lipinski definition) is 5. The number of hydrogen-bond donors (Lipinski definition) is 1. The molecule has 1 unspecified atom stereocenters. The molecule has 1 amide bonds. The van der Waals surface area contributed by atoms with Crippen LogP contribution in [0.4, 0.5) is 5.69 Å². The Kier molecular flexibility index (Phi) is 4.69. The number of ether oxygens (including phenoxy) is 1. The minimum Gasteiger partial charge on any atom is -0.465 e. The minimum atomic E-state index is -0.934. The van der Waals surface area contributed by atoms with Crippen LogP contribution >= 0.6 is 11.3 Å². The van der Waals surface area contributed by atoms with Crippen LogP contribution in [0.3, 0.4) is 0 Å². The van der Waals surface area contributed by atoms with Gasteiger partial charge in [-0.05, 0) is 17.0 Å². The number of nitrogens with one attached hydrogen (secondary N) is 1. The molecular formula is C15H12N2O3S. The second-order valence-electron chi connectivity index (χ2n) is 4.12. The fraction of sp³-hybridized carbons (Fsp3) is 0.133. The summed E-state index contributed by atoms with van der Waals surface area (Å²) < 4.78 is 4.64. The first-order chi connectivity index (χ1) is 10.2. The fourth-order valence-electron chi connectivity index (χ4n) is 1.79. The van der Waals surface area contributed by atoms with Crippen LogP contribution in [0.15, 0.2) is 41.8 Å². The third-order valence-corrected chi connectivity index (χ3v) is 3.71. The van der Waals surface area contributed by atoms with E-state index in [1.165, 1.54) is 18.4 Å². The van der Waals surface area contributed by atoms with Gasteiger partial charge in [-0.3, -0.25) is 4.79 Å². The summed E-state index contributed by atoms with van der Waals surface area (Å²) in [5, 5.41) is 13.5. The molecule has 1 aromatic carbocycles. The van der Waals surface area contributed by atoms with Crippen LogP contribution in [0.1, 0.15) is 21.2 Å². The van der Waals surface area contributed by atoms with Gasteiger partial charge in [0.1, 0.15) is 4.88 Å². The molecule has 0 bridgehead atoms. The van der Waals surface area contributed by atoms with E-state index in [0.29, 0.717) is 16.1 Å². The van der Waals surface area contributed by atoms with Crippen LogP contribution in [0, 0.1) is 11.3 Å². The predicted molar refractivity (Wildman–Crippen MR) is 79.1 cm³/mol. The molecule has 1 heterocycles. The third kappa shape index (κ3) is 3.27. The zero-order valence-electron chi connectivity index (χ0n) is 11.2. The van der Waals surface area contributed by atoms with Crippen molar-refractivity contribution in [2.24, 2.45) is 0 Å². The number of methoxy groups -OCH3 is 1. The number of thiophene rings is 1. The zero-order valence-corrected chi connectivity index (χ0v) is 12.0. The summed E-state index contributed by atoms with van der Waals surface area (Å²) in [6.45, 7) is 0. The molecule has 0 saturated carbocycles. The van der Waals surface area contributed by atoms with E-state index in [4.69, 9.17) is 0 Å². The van der Waals surface area contributed by atoms with E-state index in [0.717, 1.165) is 0 Å². The molecule has 1 aromatic heterocycles. The van der Waals surface area contributed by atoms with Gasteiger partial charge in [-0.1, -0.05) is 30.3 Å². The SMILES string of the molecule is COC(=O)c1sccc1NC(=O)C(C#N)c1ccccc1. The molecule has 0 aliphatic heterocycles. The smallest absolute Gasteiger partial charge is 0.350 e. The van der Waals surface area contributed by atoms with Crippen molar-refractivity contribution in [1.29, 1.82) is 5.26 Å². The lowest BCUT2D eigenvalue weighted by molar-refractivity contribution is -0.116. The van der Waals surface area contributed by atoms with Crippen molar-refractivity contribution >= 4 is 28.9 Å². The maximum absolute atomic E-state index is 12.2. The summed E-state index contributed by atoms with van der Waals surface area (Å²) in [4.78, 5) is 24.1. The number of carbonyl (C=O) groups excluding carboxylic acids is 2. The molecule has 0 aliphatic carbocycles. The van der Waals surface area contributed by atoms with Gasteiger partial charge >= 0.3 is 5.97 Å². The summed E-state index contributed by atoms with van der Waals surface area (Å²) in [7, 11) is 1.27. The molecule has 2 aromatic rings. The summed E-state index contributed by atoms with van der Waals surface area (Å²) >= 11 is 1.17. The Morgan fingerprint density at radius 3 is 2.62 bits per heavy atom. The molecule has 2 rings (SSSR count). The Morgan fingerprint density at radius 1 is 1.29 bits per heavy atom. The Balaban J connectivity index is 2.20. The Morgan fingerprint density at radius 2 is 2.00 bits per heavy atom. The number of benzene rings is 1. The number of anilines is 1. The average Bonchev–Trinajstić information content (AvgIpc) is 2.96. The largest absolute Gasteiger partial charge is 0.465 e. The molecule has 0 saturated heterocycles. The maximum Gasteiger partial charge on any atom is 0.350 e. The summed E-state index contributed by atoms with van der Waals surface area (Å²) in [6.07, 6.45) is 0. The molecule has 0 aliphatic rings. The zero-order chi connectivity index (χ0) is 15.2. The molecule has 21 heavy (non-hydrogen) atoms. The van der Waals surface area contributed by atoms with Gasteiger partial charge in [-0.25, -0.2) is 4.79 Å². The number of esters is 1. The van der Waals surface area contributed by atoms with Gasteiger partial charge in [0, 0.05) is 0 Å². The molecule has 0 spiro atoms. The van der Waals surface area contributed by atoms with Crippen molar-refractivity contribution < 1.29 is 14.3 Å². The second kappa shape index (κ2) is 6.68. The van der Waals surface area contributed by atoms with Crippen molar-refractivity contribution in [2.75, 3.05) is 12.4 Å². The summed E-state index contributed by atoms with van der Waals surface area (Å²) in [6, 6.07) is 12.3. The van der Waals surface area contributed by atoms with Gasteiger partial charge in [-0.15, -0.1) is 11.3 Å². The highest BCUT2D eigenvalue weighted by Gasteiger charge is 2.22. The van der Waals surface area contributed by atoms with E-state index in [-0.39, 0.29) is 0 Å². The van der Waals surface area contributed by atoms with Crippen LogP contribution in [0.25, 0.3) is 0 Å². The van der Waals surface area contributed by atoms with E-state index in [2.05, 4.69) is 10.1 Å². The fourth-order valence-corrected chi connectivity index (χ4v) is 2.56. The van der Waals surface area contributed by atoms with Crippen LogP contribution in [-0.4, -0.2) is 19.0 Å². The molecule has 0 radical (unpaired) electrons. The third-order valence-electron chi connectivity index (χ3n) is 2.82. The number of carbonyl (C=O) groups is 2. The van der Waals surface area contributed by atoms with Crippen LogP contribution < -0.4 is 5.32 Å². The first-order valence-electron chi connectivity index (χ1n) is 6.08. The molecular weight excluding hydrogens is 288 g/mol. The van der Waals surface area contributed by atoms with Gasteiger partial charge < -0.3 is 10.1 Å². The van der Waals surface area contributed by atoms with E-state index in [1.807, 2.05) is 12.1 Å². The number of nitriles is 1. The van der Waals surface area contributed by atoms with Crippen molar-refractivity contribution in [1.82, 2.24) is 0 Å². The van der Waals surface area contributed by atoms with E-state index < -0.39 is 17.8 Å². The Hall–Kier alpha value is -2.65. The molecule has 5 nitrogen and oxygen atoms in total. The monoisotopic (exact) mass is 300 g/mol. The molecule has 6 heteroatoms. The minimum absolute atomic E-state index is 0.301. The van der Waals surface area contributed by atoms with Crippen molar-refractivity contribution in [3.05, 3.63) is 52.2 Å². The van der Waals surface area contributed by atoms with Gasteiger partial charge in [0.15, 0.2) is 5.92 Å². The first-order valence-corrected chi connectivity index (χ1v) is 6.96. The van der Waals surface area contributed by atoms with E-state index in [9.17, 15) is 14.9 Å². The van der Waals surface area contributed by atoms with Crippen molar-refractivity contribution in [2.45, 2.75) is 5.92 Å². The quantitative estimate of drug-likeness (QED) is 0.881. The van der Waals surface area contributed by atoms with Gasteiger partial charge in [0.25, 0.3) is 0 Å². The van der Waals surface area contributed by atoms with Crippen molar-refractivity contribution in [3.63, 3.8) is 0 Å². The van der Waals surface area contributed by atoms with E-state index in [1.54, 1.807) is 35.7 Å². The highest BCUT2D eigenvalue weighted by molar-refractivity contribution is 7.12. The molecule has 106 valence electrons. The maximum atomic E-state index is 12.2. The lowest BCUT2D eigenvalue weighted by Gasteiger charge is -2.10. The van der Waals surface area contributed by atoms with Gasteiger partial charge in [0.05, 0.1) is 18.9 Å². The van der Waals surface area contributed by atoms with Crippen LogP contribution in [-0.2, 0) is 9.53 Å². The normalized spacial score (nSPS) is 11.2. The topological polar surface area (TPSA) is 79.2 Å². The predicted octanol–water partition coefficient (Wildman–Crippen LogP) is 2.78. The highest BCUT2D eigenvalue weighted by atomic mass is 32.1. The summed E-state index contributed by atoms with van der Waals surface area (Å²) in [5.41, 5.74) is 0.959. The van der Waals surface area contributed by atoms with E-state index >= 15 is 0 Å². The Bertz CT molecular complexity index is 688. The number of amides is 1. The van der Waals surface area contributed by atoms with Gasteiger partial charge in [-0.2, -0.15) is 5.26 Å². The molecule has 0 fully saturated rings. The molecule has 1 N–H and O–H groups in total. The molecule has 1 atom stereocenters. The van der Waals surface area contributed by atoms with Gasteiger partial charge in [0.2, 0.25) is 5.91 Å². The first kappa shape index (κ1) is 14.8. The summed E-state index contributed by atoms with van der Waals surface area (Å²) in [5.74, 6) is -1.93. The average molecular weight is 300 g/mol.